The van der Waals surface area contributed by atoms with Gasteiger partial charge in [0.2, 0.25) is 15.9 Å². The van der Waals surface area contributed by atoms with E-state index < -0.39 is 53.6 Å². The molecule has 0 saturated carbocycles. The minimum absolute atomic E-state index is 0.274. The number of benzene rings is 1. The van der Waals surface area contributed by atoms with Crippen LogP contribution in [0.3, 0.4) is 0 Å². The first kappa shape index (κ1) is 21.7. The fraction of sp³-hybridized carbons (Fsp3) is 0.588. The van der Waals surface area contributed by atoms with Crippen molar-refractivity contribution >= 4 is 21.6 Å². The minimum Gasteiger partial charge on any atom is -0.487 e. The van der Waals surface area contributed by atoms with Gasteiger partial charge in [-0.25, -0.2) is 8.42 Å². The van der Waals surface area contributed by atoms with Gasteiger partial charge in [0.05, 0.1) is 25.4 Å². The molecule has 0 radical (unpaired) electrons. The second kappa shape index (κ2) is 8.00. The molecule has 1 saturated heterocycles. The first-order valence-electron chi connectivity index (χ1n) is 8.83. The largest absolute Gasteiger partial charge is 0.487 e. The van der Waals surface area contributed by atoms with Crippen molar-refractivity contribution in [3.63, 3.8) is 0 Å². The van der Waals surface area contributed by atoms with E-state index >= 15 is 0 Å². The number of sulfonamides is 1. The van der Waals surface area contributed by atoms with Crippen LogP contribution in [0.5, 0.6) is 5.75 Å². The maximum absolute atomic E-state index is 12.3. The molecule has 0 unspecified atom stereocenters. The third kappa shape index (κ3) is 5.52. The van der Waals surface area contributed by atoms with E-state index in [0.717, 1.165) is 6.26 Å². The van der Waals surface area contributed by atoms with Gasteiger partial charge in [0.15, 0.2) is 0 Å². The molecular weight excluding hydrogens is 417 g/mol. The van der Waals surface area contributed by atoms with Gasteiger partial charge in [0.1, 0.15) is 24.5 Å². The van der Waals surface area contributed by atoms with Gasteiger partial charge in [-0.05, 0) is 24.6 Å². The van der Waals surface area contributed by atoms with Crippen LogP contribution in [0.4, 0.5) is 18.9 Å². The molecule has 0 aromatic heterocycles. The van der Waals surface area contributed by atoms with Crippen molar-refractivity contribution < 1.29 is 41.0 Å². The number of alkyl halides is 3. The van der Waals surface area contributed by atoms with E-state index in [2.05, 4.69) is 4.72 Å². The summed E-state index contributed by atoms with van der Waals surface area (Å²) in [5.41, 5.74) is 1.02. The number of amides is 1. The number of carbonyl (C=O) groups excluding carboxylic acids is 1. The van der Waals surface area contributed by atoms with E-state index in [9.17, 15) is 31.5 Å². The predicted molar refractivity (Wildman–Crippen MR) is 96.1 cm³/mol. The normalized spacial score (nSPS) is 26.2. The van der Waals surface area contributed by atoms with Gasteiger partial charge in [-0.3, -0.25) is 9.52 Å². The van der Waals surface area contributed by atoms with Crippen LogP contribution in [0.25, 0.3) is 0 Å². The molecule has 2 aliphatic rings. The first-order chi connectivity index (χ1) is 13.4. The summed E-state index contributed by atoms with van der Waals surface area (Å²) in [6.07, 6.45) is -5.55. The lowest BCUT2D eigenvalue weighted by Gasteiger charge is -2.37. The van der Waals surface area contributed by atoms with Crippen LogP contribution in [-0.2, 0) is 19.6 Å². The Balaban J connectivity index is 1.74. The number of nitrogens with one attached hydrogen (secondary N) is 2. The summed E-state index contributed by atoms with van der Waals surface area (Å²) in [6, 6.07) is 4.75. The zero-order valence-electron chi connectivity index (χ0n) is 15.4. The summed E-state index contributed by atoms with van der Waals surface area (Å²) >= 11 is 0. The Bertz CT molecular complexity index is 876. The molecule has 1 amide bonds. The van der Waals surface area contributed by atoms with E-state index in [1.807, 2.05) is 0 Å². The maximum atomic E-state index is 12.3. The zero-order chi connectivity index (χ0) is 21.4. The van der Waals surface area contributed by atoms with Gasteiger partial charge in [-0.15, -0.1) is 0 Å². The zero-order valence-corrected chi connectivity index (χ0v) is 16.2. The highest BCUT2D eigenvalue weighted by molar-refractivity contribution is 7.92. The molecule has 3 rings (SSSR count). The van der Waals surface area contributed by atoms with Crippen LogP contribution < -0.4 is 14.8 Å². The molecule has 162 valence electrons. The molecule has 1 aromatic carbocycles. The molecule has 8 nitrogen and oxygen atoms in total. The van der Waals surface area contributed by atoms with Crippen LogP contribution in [-0.4, -0.2) is 63.3 Å². The van der Waals surface area contributed by atoms with Crippen molar-refractivity contribution in [2.75, 3.05) is 24.1 Å². The summed E-state index contributed by atoms with van der Waals surface area (Å²) in [4.78, 5) is 11.8. The third-order valence-electron chi connectivity index (χ3n) is 4.70. The number of hydrogen-bond donors (Lipinski definition) is 3. The number of fused-ring (bicyclic) bond motifs is 3. The van der Waals surface area contributed by atoms with Crippen molar-refractivity contribution in [1.82, 2.24) is 5.32 Å². The SMILES string of the molecule is CS(=O)(=O)Nc1ccc2c(c1)[C@H]1C[C@H](CC(=O)NCC(F)(F)F)O[C@H](CO)[C@H]1O2. The molecule has 0 aliphatic carbocycles. The number of ether oxygens (including phenoxy) is 2. The highest BCUT2D eigenvalue weighted by Gasteiger charge is 2.46. The summed E-state index contributed by atoms with van der Waals surface area (Å²) in [6.45, 7) is -1.83. The Hall–Kier alpha value is -2.05. The topological polar surface area (TPSA) is 114 Å². The van der Waals surface area contributed by atoms with Gasteiger partial charge < -0.3 is 19.9 Å². The molecule has 2 aliphatic heterocycles. The second-order valence-electron chi connectivity index (χ2n) is 7.13. The predicted octanol–water partition coefficient (Wildman–Crippen LogP) is 1.12. The van der Waals surface area contributed by atoms with Crippen LogP contribution in [0, 0.1) is 0 Å². The number of aliphatic hydroxyl groups excluding tert-OH is 1. The van der Waals surface area contributed by atoms with E-state index in [4.69, 9.17) is 9.47 Å². The molecule has 0 bridgehead atoms. The van der Waals surface area contributed by atoms with Crippen molar-refractivity contribution in [3.05, 3.63) is 23.8 Å². The number of rotatable bonds is 6. The number of anilines is 1. The van der Waals surface area contributed by atoms with E-state index in [0.29, 0.717) is 17.0 Å². The number of halogens is 3. The highest BCUT2D eigenvalue weighted by atomic mass is 32.2. The Morgan fingerprint density at radius 2 is 2.07 bits per heavy atom. The number of hydrogen-bond acceptors (Lipinski definition) is 6. The van der Waals surface area contributed by atoms with Crippen molar-refractivity contribution in [2.45, 2.75) is 43.2 Å². The van der Waals surface area contributed by atoms with Crippen LogP contribution >= 0.6 is 0 Å². The molecule has 4 atom stereocenters. The van der Waals surface area contributed by atoms with Gasteiger partial charge in [0.25, 0.3) is 0 Å². The summed E-state index contributed by atoms with van der Waals surface area (Å²) in [5.74, 6) is -0.616. The Morgan fingerprint density at radius 3 is 2.69 bits per heavy atom. The lowest BCUT2D eigenvalue weighted by Crippen LogP contribution is -2.47. The fourth-order valence-electron chi connectivity index (χ4n) is 3.64. The van der Waals surface area contributed by atoms with E-state index in [1.165, 1.54) is 6.07 Å². The third-order valence-corrected chi connectivity index (χ3v) is 5.31. The molecule has 12 heteroatoms. The van der Waals surface area contributed by atoms with Crippen LogP contribution in [0.2, 0.25) is 0 Å². The average molecular weight is 438 g/mol. The summed E-state index contributed by atoms with van der Waals surface area (Å²) in [7, 11) is -3.48. The monoisotopic (exact) mass is 438 g/mol. The Kier molecular flexibility index (Phi) is 5.97. The van der Waals surface area contributed by atoms with Crippen molar-refractivity contribution in [1.29, 1.82) is 0 Å². The smallest absolute Gasteiger partial charge is 0.405 e. The number of carbonyl (C=O) groups is 1. The minimum atomic E-state index is -4.51. The molecule has 1 fully saturated rings. The average Bonchev–Trinajstić information content (AvgIpc) is 2.95. The van der Waals surface area contributed by atoms with Gasteiger partial charge in [-0.2, -0.15) is 13.2 Å². The molecule has 29 heavy (non-hydrogen) atoms. The summed E-state index contributed by atoms with van der Waals surface area (Å²) in [5, 5.41) is 11.4. The highest BCUT2D eigenvalue weighted by Crippen LogP contribution is 2.47. The van der Waals surface area contributed by atoms with Crippen molar-refractivity contribution in [2.24, 2.45) is 0 Å². The molecule has 2 heterocycles. The fourth-order valence-corrected chi connectivity index (χ4v) is 4.20. The lowest BCUT2D eigenvalue weighted by atomic mass is 9.84. The van der Waals surface area contributed by atoms with E-state index in [1.54, 1.807) is 17.4 Å². The lowest BCUT2D eigenvalue weighted by molar-refractivity contribution is -0.149. The molecule has 0 spiro atoms. The molecular formula is C17H21F3N2O6S. The van der Waals surface area contributed by atoms with Gasteiger partial charge in [0, 0.05) is 17.2 Å². The van der Waals surface area contributed by atoms with Crippen LogP contribution in [0.15, 0.2) is 18.2 Å². The Morgan fingerprint density at radius 1 is 1.34 bits per heavy atom. The quantitative estimate of drug-likeness (QED) is 0.614. The maximum Gasteiger partial charge on any atom is 0.405 e. The van der Waals surface area contributed by atoms with E-state index in [-0.39, 0.29) is 18.8 Å². The first-order valence-corrected chi connectivity index (χ1v) is 10.7. The summed E-state index contributed by atoms with van der Waals surface area (Å²) < 4.78 is 73.6. The number of aliphatic hydroxyl groups is 1. The molecule has 1 aromatic rings. The second-order valence-corrected chi connectivity index (χ2v) is 8.88. The van der Waals surface area contributed by atoms with Gasteiger partial charge >= 0.3 is 6.18 Å². The Labute approximate surface area is 165 Å². The van der Waals surface area contributed by atoms with Crippen molar-refractivity contribution in [3.8, 4) is 5.75 Å². The van der Waals surface area contributed by atoms with Crippen LogP contribution in [0.1, 0.15) is 24.3 Å². The standard InChI is InChI=1S/C17H21F3N2O6S/c1-29(25,26)22-9-2-3-13-11(4-9)12-5-10(27-14(7-23)16(12)28-13)6-15(24)21-8-17(18,19)20/h2-4,10,12,14,16,22-23H,5-8H2,1H3,(H,21,24)/t10-,12-,14-,16+/m1/s1. The van der Waals surface area contributed by atoms with Gasteiger partial charge in [-0.1, -0.05) is 0 Å². The molecule has 3 N–H and O–H groups in total.